The Balaban J connectivity index is 2.45. The van der Waals surface area contributed by atoms with Crippen LogP contribution in [0.2, 0.25) is 0 Å². The van der Waals surface area contributed by atoms with Gasteiger partial charge in [0.1, 0.15) is 11.0 Å². The Kier molecular flexibility index (Phi) is 3.90. The first-order chi connectivity index (χ1) is 8.98. The van der Waals surface area contributed by atoms with Gasteiger partial charge in [-0.05, 0) is 30.9 Å². The number of nitriles is 1. The van der Waals surface area contributed by atoms with Crippen molar-refractivity contribution in [1.29, 1.82) is 5.26 Å². The Hall–Kier alpha value is -1.42. The molecule has 1 aliphatic heterocycles. The van der Waals surface area contributed by atoms with Gasteiger partial charge in [0.15, 0.2) is 0 Å². The van der Waals surface area contributed by atoms with E-state index in [1.54, 1.807) is 12.1 Å². The van der Waals surface area contributed by atoms with Gasteiger partial charge in [0.05, 0.1) is 11.7 Å². The summed E-state index contributed by atoms with van der Waals surface area (Å²) in [4.78, 5) is 0.0436. The van der Waals surface area contributed by atoms with E-state index in [0.29, 0.717) is 6.54 Å². The van der Waals surface area contributed by atoms with E-state index in [1.165, 1.54) is 16.4 Å². The third-order valence-corrected chi connectivity index (χ3v) is 5.50. The second kappa shape index (κ2) is 5.29. The van der Waals surface area contributed by atoms with Crippen LogP contribution >= 0.6 is 0 Å². The number of hydrogen-bond donors (Lipinski definition) is 1. The summed E-state index contributed by atoms with van der Waals surface area (Å²) in [6.45, 7) is 2.36. The molecule has 102 valence electrons. The molecule has 0 aliphatic carbocycles. The molecule has 0 bridgehead atoms. The molecule has 0 saturated carbocycles. The van der Waals surface area contributed by atoms with Crippen LogP contribution in [0.15, 0.2) is 29.2 Å². The summed E-state index contributed by atoms with van der Waals surface area (Å²) in [5.41, 5.74) is 6.16. The quantitative estimate of drug-likeness (QED) is 0.883. The van der Waals surface area contributed by atoms with Crippen molar-refractivity contribution >= 4 is 10.0 Å². The molecule has 1 fully saturated rings. The van der Waals surface area contributed by atoms with E-state index in [1.807, 2.05) is 13.0 Å². The molecule has 2 unspecified atom stereocenters. The SMILES string of the molecule is CC1CCCN(S(=O)(=O)c2ccccc2C#N)C1N. The van der Waals surface area contributed by atoms with Crippen molar-refractivity contribution in [1.82, 2.24) is 4.31 Å². The lowest BCUT2D eigenvalue weighted by molar-refractivity contribution is 0.192. The van der Waals surface area contributed by atoms with Crippen molar-refractivity contribution in [3.8, 4) is 6.07 Å². The van der Waals surface area contributed by atoms with Crippen LogP contribution < -0.4 is 5.73 Å². The van der Waals surface area contributed by atoms with Gasteiger partial charge < -0.3 is 5.73 Å². The summed E-state index contributed by atoms with van der Waals surface area (Å²) >= 11 is 0. The zero-order valence-electron chi connectivity index (χ0n) is 10.8. The fourth-order valence-electron chi connectivity index (χ4n) is 2.36. The lowest BCUT2D eigenvalue weighted by Gasteiger charge is -2.36. The average molecular weight is 279 g/mol. The number of nitrogens with zero attached hydrogens (tertiary/aromatic N) is 2. The fraction of sp³-hybridized carbons (Fsp3) is 0.462. The molecule has 1 saturated heterocycles. The van der Waals surface area contributed by atoms with Gasteiger partial charge in [-0.3, -0.25) is 0 Å². The number of hydrogen-bond acceptors (Lipinski definition) is 4. The lowest BCUT2D eigenvalue weighted by atomic mass is 9.99. The van der Waals surface area contributed by atoms with Crippen molar-refractivity contribution in [2.45, 2.75) is 30.8 Å². The average Bonchev–Trinajstić information content (AvgIpc) is 2.41. The molecule has 0 spiro atoms. The molecule has 1 heterocycles. The molecule has 1 aliphatic rings. The van der Waals surface area contributed by atoms with Gasteiger partial charge in [0, 0.05) is 6.54 Å². The highest BCUT2D eigenvalue weighted by Gasteiger charge is 2.36. The molecule has 19 heavy (non-hydrogen) atoms. The summed E-state index contributed by atoms with van der Waals surface area (Å²) < 4.78 is 26.6. The summed E-state index contributed by atoms with van der Waals surface area (Å²) in [6, 6.07) is 8.15. The predicted octanol–water partition coefficient (Wildman–Crippen LogP) is 1.26. The largest absolute Gasteiger partial charge is 0.315 e. The Morgan fingerprint density at radius 2 is 2.11 bits per heavy atom. The standard InChI is InChI=1S/C13H17N3O2S/c1-10-5-4-8-16(13(10)15)19(17,18)12-7-3-2-6-11(12)9-14/h2-3,6-7,10,13H,4-5,8,15H2,1H3. The van der Waals surface area contributed by atoms with Crippen molar-refractivity contribution in [3.63, 3.8) is 0 Å². The van der Waals surface area contributed by atoms with Gasteiger partial charge in [0.25, 0.3) is 0 Å². The molecular weight excluding hydrogens is 262 g/mol. The van der Waals surface area contributed by atoms with Crippen molar-refractivity contribution in [2.75, 3.05) is 6.54 Å². The zero-order valence-corrected chi connectivity index (χ0v) is 11.6. The third-order valence-electron chi connectivity index (χ3n) is 3.55. The van der Waals surface area contributed by atoms with E-state index in [0.717, 1.165) is 12.8 Å². The topological polar surface area (TPSA) is 87.2 Å². The minimum atomic E-state index is -3.70. The van der Waals surface area contributed by atoms with Gasteiger partial charge in [0.2, 0.25) is 10.0 Å². The van der Waals surface area contributed by atoms with Gasteiger partial charge in [-0.1, -0.05) is 19.1 Å². The van der Waals surface area contributed by atoms with Gasteiger partial charge in [-0.15, -0.1) is 0 Å². The first-order valence-electron chi connectivity index (χ1n) is 6.25. The van der Waals surface area contributed by atoms with Gasteiger partial charge >= 0.3 is 0 Å². The highest BCUT2D eigenvalue weighted by atomic mass is 32.2. The molecule has 0 aromatic heterocycles. The molecule has 1 aromatic carbocycles. The Morgan fingerprint density at radius 1 is 1.42 bits per heavy atom. The molecule has 0 radical (unpaired) electrons. The number of rotatable bonds is 2. The van der Waals surface area contributed by atoms with E-state index in [-0.39, 0.29) is 16.4 Å². The molecule has 1 aromatic rings. The maximum atomic E-state index is 12.6. The molecule has 6 heteroatoms. The van der Waals surface area contributed by atoms with E-state index in [2.05, 4.69) is 0 Å². The Bertz CT molecular complexity index is 607. The maximum Gasteiger partial charge on any atom is 0.245 e. The van der Waals surface area contributed by atoms with Crippen LogP contribution in [-0.2, 0) is 10.0 Å². The molecular formula is C13H17N3O2S. The molecule has 0 amide bonds. The monoisotopic (exact) mass is 279 g/mol. The lowest BCUT2D eigenvalue weighted by Crippen LogP contribution is -2.52. The van der Waals surface area contributed by atoms with Crippen LogP contribution in [0.3, 0.4) is 0 Å². The number of benzene rings is 1. The van der Waals surface area contributed by atoms with E-state index in [9.17, 15) is 8.42 Å². The van der Waals surface area contributed by atoms with Crippen molar-refractivity contribution in [3.05, 3.63) is 29.8 Å². The van der Waals surface area contributed by atoms with E-state index >= 15 is 0 Å². The summed E-state index contributed by atoms with van der Waals surface area (Å²) in [5.74, 6) is 0.123. The maximum absolute atomic E-state index is 12.6. The zero-order chi connectivity index (χ0) is 14.0. The minimum absolute atomic E-state index is 0.0436. The fourth-order valence-corrected chi connectivity index (χ4v) is 4.16. The first-order valence-corrected chi connectivity index (χ1v) is 7.69. The number of sulfonamides is 1. The van der Waals surface area contributed by atoms with Gasteiger partial charge in [-0.25, -0.2) is 8.42 Å². The van der Waals surface area contributed by atoms with Crippen LogP contribution in [0.1, 0.15) is 25.3 Å². The van der Waals surface area contributed by atoms with E-state index in [4.69, 9.17) is 11.0 Å². The van der Waals surface area contributed by atoms with Crippen LogP contribution in [0, 0.1) is 17.2 Å². The third kappa shape index (κ3) is 2.50. The van der Waals surface area contributed by atoms with Gasteiger partial charge in [-0.2, -0.15) is 9.57 Å². The Morgan fingerprint density at radius 3 is 2.79 bits per heavy atom. The summed E-state index contributed by atoms with van der Waals surface area (Å²) in [7, 11) is -3.70. The highest BCUT2D eigenvalue weighted by molar-refractivity contribution is 7.89. The second-order valence-electron chi connectivity index (χ2n) is 4.83. The highest BCUT2D eigenvalue weighted by Crippen LogP contribution is 2.27. The van der Waals surface area contributed by atoms with Crippen molar-refractivity contribution < 1.29 is 8.42 Å². The summed E-state index contributed by atoms with van der Waals surface area (Å²) in [5, 5.41) is 9.03. The number of piperidine rings is 1. The number of nitrogens with two attached hydrogens (primary N) is 1. The smallest absolute Gasteiger partial charge is 0.245 e. The first kappa shape index (κ1) is 14.0. The Labute approximate surface area is 113 Å². The molecule has 2 N–H and O–H groups in total. The predicted molar refractivity (Wildman–Crippen MR) is 71.4 cm³/mol. The minimum Gasteiger partial charge on any atom is -0.315 e. The summed E-state index contributed by atoms with van der Waals surface area (Å²) in [6.07, 6.45) is 1.20. The van der Waals surface area contributed by atoms with Crippen LogP contribution in [0.4, 0.5) is 0 Å². The van der Waals surface area contributed by atoms with Crippen LogP contribution in [0.5, 0.6) is 0 Å². The molecule has 2 atom stereocenters. The normalized spacial score (nSPS) is 24.9. The van der Waals surface area contributed by atoms with Crippen LogP contribution in [0.25, 0.3) is 0 Å². The van der Waals surface area contributed by atoms with E-state index < -0.39 is 16.2 Å². The van der Waals surface area contributed by atoms with Crippen molar-refractivity contribution in [2.24, 2.45) is 11.7 Å². The molecule has 2 rings (SSSR count). The second-order valence-corrected chi connectivity index (χ2v) is 6.69. The van der Waals surface area contributed by atoms with Crippen LogP contribution in [-0.4, -0.2) is 25.4 Å². The molecule has 5 nitrogen and oxygen atoms in total.